The minimum Gasteiger partial charge on any atom is -0.329 e. The first-order valence-electron chi connectivity index (χ1n) is 8.51. The van der Waals surface area contributed by atoms with E-state index in [9.17, 15) is 0 Å². The maximum absolute atomic E-state index is 6.10. The predicted octanol–water partition coefficient (Wildman–Crippen LogP) is 2.37. The summed E-state index contributed by atoms with van der Waals surface area (Å²) in [5.74, 6) is 0.981. The van der Waals surface area contributed by atoms with Crippen molar-refractivity contribution in [2.24, 2.45) is 11.7 Å². The molecule has 1 heterocycles. The predicted molar refractivity (Wildman–Crippen MR) is 88.1 cm³/mol. The summed E-state index contributed by atoms with van der Waals surface area (Å²) in [6.45, 7) is 5.18. The number of nitrogens with zero attached hydrogens (tertiary/aromatic N) is 1. The summed E-state index contributed by atoms with van der Waals surface area (Å²) in [5.41, 5.74) is 7.65. The van der Waals surface area contributed by atoms with Gasteiger partial charge in [-0.1, -0.05) is 49.6 Å². The van der Waals surface area contributed by atoms with Gasteiger partial charge in [-0.3, -0.25) is 4.90 Å². The van der Waals surface area contributed by atoms with Crippen molar-refractivity contribution in [3.63, 3.8) is 0 Å². The number of benzene rings is 1. The summed E-state index contributed by atoms with van der Waals surface area (Å²) >= 11 is 0. The molecule has 1 aromatic carbocycles. The van der Waals surface area contributed by atoms with Gasteiger partial charge in [0.1, 0.15) is 0 Å². The molecule has 1 aliphatic heterocycles. The van der Waals surface area contributed by atoms with Gasteiger partial charge in [0.2, 0.25) is 0 Å². The summed E-state index contributed by atoms with van der Waals surface area (Å²) in [7, 11) is 0. The van der Waals surface area contributed by atoms with E-state index >= 15 is 0 Å². The quantitative estimate of drug-likeness (QED) is 0.809. The molecule has 1 atom stereocenters. The van der Waals surface area contributed by atoms with E-state index < -0.39 is 0 Å². The van der Waals surface area contributed by atoms with Crippen LogP contribution in [0.25, 0.3) is 0 Å². The number of rotatable bonds is 7. The van der Waals surface area contributed by atoms with Crippen molar-refractivity contribution in [2.45, 2.75) is 44.2 Å². The van der Waals surface area contributed by atoms with Crippen molar-refractivity contribution < 1.29 is 0 Å². The van der Waals surface area contributed by atoms with Gasteiger partial charge >= 0.3 is 0 Å². The Morgan fingerprint density at radius 1 is 1.24 bits per heavy atom. The monoisotopic (exact) mass is 287 g/mol. The normalized spacial score (nSPS) is 26.9. The molecule has 1 aliphatic carbocycles. The summed E-state index contributed by atoms with van der Waals surface area (Å²) < 4.78 is 0. The van der Waals surface area contributed by atoms with Crippen LogP contribution in [0.3, 0.4) is 0 Å². The van der Waals surface area contributed by atoms with Crippen LogP contribution in [0.1, 0.15) is 37.7 Å². The van der Waals surface area contributed by atoms with Crippen molar-refractivity contribution in [2.75, 3.05) is 26.2 Å². The van der Waals surface area contributed by atoms with Crippen LogP contribution in [0.15, 0.2) is 30.3 Å². The molecule has 0 amide bonds. The Bertz CT molecular complexity index is 429. The third-order valence-electron chi connectivity index (χ3n) is 5.35. The maximum Gasteiger partial charge on any atom is 0.0444 e. The van der Waals surface area contributed by atoms with Gasteiger partial charge in [0, 0.05) is 31.7 Å². The fraction of sp³-hybridized carbons (Fsp3) is 0.667. The van der Waals surface area contributed by atoms with Crippen molar-refractivity contribution in [1.82, 2.24) is 10.2 Å². The zero-order valence-corrected chi connectivity index (χ0v) is 13.1. The van der Waals surface area contributed by atoms with Gasteiger partial charge in [0.05, 0.1) is 0 Å². The van der Waals surface area contributed by atoms with Crippen LogP contribution in [-0.4, -0.2) is 36.6 Å². The average molecular weight is 287 g/mol. The molecule has 0 radical (unpaired) electrons. The van der Waals surface area contributed by atoms with E-state index in [-0.39, 0.29) is 5.54 Å². The number of nitrogens with two attached hydrogens (primary N) is 1. The molecule has 0 spiro atoms. The maximum atomic E-state index is 6.10. The molecule has 3 nitrogen and oxygen atoms in total. The molecule has 0 bridgehead atoms. The SMILES string of the molecule is NCC1(NCCC2CCC2)CCN(Cc2ccccc2)C1. The van der Waals surface area contributed by atoms with Gasteiger partial charge in [0.15, 0.2) is 0 Å². The zero-order chi connectivity index (χ0) is 14.5. The Morgan fingerprint density at radius 2 is 2.05 bits per heavy atom. The van der Waals surface area contributed by atoms with E-state index in [0.717, 1.165) is 38.6 Å². The van der Waals surface area contributed by atoms with E-state index in [1.54, 1.807) is 0 Å². The summed E-state index contributed by atoms with van der Waals surface area (Å²) in [6.07, 6.45) is 6.84. The van der Waals surface area contributed by atoms with Crippen LogP contribution in [0, 0.1) is 5.92 Å². The van der Waals surface area contributed by atoms with Crippen LogP contribution >= 0.6 is 0 Å². The summed E-state index contributed by atoms with van der Waals surface area (Å²) in [4.78, 5) is 2.54. The lowest BCUT2D eigenvalue weighted by Gasteiger charge is -2.32. The minimum absolute atomic E-state index is 0.151. The smallest absolute Gasteiger partial charge is 0.0444 e. The van der Waals surface area contributed by atoms with E-state index in [1.807, 2.05) is 0 Å². The number of hydrogen-bond acceptors (Lipinski definition) is 3. The molecule has 2 fully saturated rings. The van der Waals surface area contributed by atoms with Crippen molar-refractivity contribution in [3.05, 3.63) is 35.9 Å². The zero-order valence-electron chi connectivity index (χ0n) is 13.1. The van der Waals surface area contributed by atoms with Crippen LogP contribution in [0.4, 0.5) is 0 Å². The lowest BCUT2D eigenvalue weighted by atomic mass is 9.83. The van der Waals surface area contributed by atoms with Gasteiger partial charge < -0.3 is 11.1 Å². The molecule has 21 heavy (non-hydrogen) atoms. The second kappa shape index (κ2) is 6.91. The van der Waals surface area contributed by atoms with Crippen molar-refractivity contribution >= 4 is 0 Å². The van der Waals surface area contributed by atoms with Crippen LogP contribution in [-0.2, 0) is 6.54 Å². The molecule has 1 aromatic rings. The van der Waals surface area contributed by atoms with E-state index in [2.05, 4.69) is 40.5 Å². The van der Waals surface area contributed by atoms with Crippen molar-refractivity contribution in [1.29, 1.82) is 0 Å². The fourth-order valence-corrected chi connectivity index (χ4v) is 3.64. The Kier molecular flexibility index (Phi) is 4.94. The standard InChI is InChI=1S/C18H29N3/c19-14-18(20-11-9-16-7-4-8-16)10-12-21(15-18)13-17-5-2-1-3-6-17/h1-3,5-6,16,20H,4,7-15,19H2. The third-order valence-corrected chi connectivity index (χ3v) is 5.35. The molecule has 1 saturated carbocycles. The highest BCUT2D eigenvalue weighted by molar-refractivity contribution is 5.15. The highest BCUT2D eigenvalue weighted by atomic mass is 15.2. The molecule has 2 aliphatic rings. The largest absolute Gasteiger partial charge is 0.329 e. The molecule has 116 valence electrons. The highest BCUT2D eigenvalue weighted by Crippen LogP contribution is 2.29. The molecule has 3 heteroatoms. The molecule has 0 aromatic heterocycles. The van der Waals surface area contributed by atoms with Crippen LogP contribution < -0.4 is 11.1 Å². The third kappa shape index (κ3) is 3.85. The Hall–Kier alpha value is -0.900. The highest BCUT2D eigenvalue weighted by Gasteiger charge is 2.36. The van der Waals surface area contributed by atoms with Gasteiger partial charge in [-0.15, -0.1) is 0 Å². The summed E-state index contributed by atoms with van der Waals surface area (Å²) in [5, 5.41) is 3.79. The number of likely N-dealkylation sites (tertiary alicyclic amines) is 1. The first-order chi connectivity index (χ1) is 10.3. The number of nitrogens with one attached hydrogen (secondary N) is 1. The Labute approximate surface area is 128 Å². The van der Waals surface area contributed by atoms with E-state index in [4.69, 9.17) is 5.73 Å². The van der Waals surface area contributed by atoms with Crippen LogP contribution in [0.5, 0.6) is 0 Å². The molecule has 1 unspecified atom stereocenters. The molecule has 3 rings (SSSR count). The minimum atomic E-state index is 0.151. The Morgan fingerprint density at radius 3 is 2.71 bits per heavy atom. The van der Waals surface area contributed by atoms with Gasteiger partial charge in [-0.2, -0.15) is 0 Å². The van der Waals surface area contributed by atoms with Gasteiger partial charge in [0.25, 0.3) is 0 Å². The van der Waals surface area contributed by atoms with E-state index in [0.29, 0.717) is 0 Å². The first kappa shape index (κ1) is 15.0. The fourth-order valence-electron chi connectivity index (χ4n) is 3.64. The topological polar surface area (TPSA) is 41.3 Å². The molecular weight excluding hydrogens is 258 g/mol. The molecule has 3 N–H and O–H groups in total. The summed E-state index contributed by atoms with van der Waals surface area (Å²) in [6, 6.07) is 10.8. The van der Waals surface area contributed by atoms with Gasteiger partial charge in [-0.05, 0) is 30.9 Å². The van der Waals surface area contributed by atoms with Gasteiger partial charge in [-0.25, -0.2) is 0 Å². The van der Waals surface area contributed by atoms with Crippen LogP contribution in [0.2, 0.25) is 0 Å². The molecule has 1 saturated heterocycles. The Balaban J connectivity index is 1.47. The first-order valence-corrected chi connectivity index (χ1v) is 8.51. The van der Waals surface area contributed by atoms with Crippen molar-refractivity contribution in [3.8, 4) is 0 Å². The molecular formula is C18H29N3. The van der Waals surface area contributed by atoms with E-state index in [1.165, 1.54) is 37.7 Å². The average Bonchev–Trinajstić information content (AvgIpc) is 2.87. The lowest BCUT2D eigenvalue weighted by molar-refractivity contribution is 0.251. The second-order valence-corrected chi connectivity index (χ2v) is 6.94. The number of hydrogen-bond donors (Lipinski definition) is 2. The lowest BCUT2D eigenvalue weighted by Crippen LogP contribution is -2.53. The second-order valence-electron chi connectivity index (χ2n) is 6.94.